The molecular weight excluding hydrogens is 340 g/mol. The summed E-state index contributed by atoms with van der Waals surface area (Å²) in [6.45, 7) is 5.96. The molecule has 1 aromatic rings. The minimum Gasteiger partial charge on any atom is -0.493 e. The van der Waals surface area contributed by atoms with Crippen LogP contribution in [0, 0.1) is 11.8 Å². The van der Waals surface area contributed by atoms with Gasteiger partial charge in [0.15, 0.2) is 11.5 Å². The zero-order valence-corrected chi connectivity index (χ0v) is 17.1. The highest BCUT2D eigenvalue weighted by molar-refractivity contribution is 5.53. The molecule has 2 atom stereocenters. The third-order valence-electron chi connectivity index (χ3n) is 6.75. The van der Waals surface area contributed by atoms with Gasteiger partial charge in [0.25, 0.3) is 0 Å². The second-order valence-corrected chi connectivity index (χ2v) is 8.58. The third kappa shape index (κ3) is 4.04. The maximum absolute atomic E-state index is 5.54. The van der Waals surface area contributed by atoms with Crippen LogP contribution in [-0.2, 0) is 6.54 Å². The van der Waals surface area contributed by atoms with Crippen LogP contribution >= 0.6 is 0 Å². The monoisotopic (exact) mass is 374 g/mol. The SMILES string of the molecule is COc1cc(CN2C[C@H]3CC[C@@H](C2)N(CC2CCC2)C3)cc(OC)c1OC. The molecule has 1 aromatic carbocycles. The van der Waals surface area contributed by atoms with Crippen molar-refractivity contribution < 1.29 is 14.2 Å². The van der Waals surface area contributed by atoms with Gasteiger partial charge >= 0.3 is 0 Å². The van der Waals surface area contributed by atoms with Crippen LogP contribution in [-0.4, -0.2) is 63.4 Å². The summed E-state index contributed by atoms with van der Waals surface area (Å²) in [7, 11) is 5.03. The van der Waals surface area contributed by atoms with Gasteiger partial charge < -0.3 is 14.2 Å². The van der Waals surface area contributed by atoms with E-state index in [9.17, 15) is 0 Å². The lowest BCUT2D eigenvalue weighted by Gasteiger charge is -2.40. The smallest absolute Gasteiger partial charge is 0.203 e. The standard InChI is InChI=1S/C22H34N2O3/c1-25-20-9-18(10-21(26-2)22(20)27-3)12-23-11-17-7-8-19(15-23)24(14-17)13-16-5-4-6-16/h9-10,16-17,19H,4-8,11-15H2,1-3H3/t17-,19+/m1/s1. The summed E-state index contributed by atoms with van der Waals surface area (Å²) in [4.78, 5) is 5.46. The predicted molar refractivity (Wildman–Crippen MR) is 107 cm³/mol. The van der Waals surface area contributed by atoms with Crippen molar-refractivity contribution in [3.63, 3.8) is 0 Å². The van der Waals surface area contributed by atoms with Gasteiger partial charge in [-0.25, -0.2) is 0 Å². The summed E-state index contributed by atoms with van der Waals surface area (Å²) in [5.41, 5.74) is 1.23. The van der Waals surface area contributed by atoms with E-state index in [2.05, 4.69) is 21.9 Å². The van der Waals surface area contributed by atoms with Gasteiger partial charge in [-0.1, -0.05) is 6.42 Å². The van der Waals surface area contributed by atoms with Crippen molar-refractivity contribution in [3.8, 4) is 17.2 Å². The number of hydrogen-bond acceptors (Lipinski definition) is 5. The van der Waals surface area contributed by atoms with Crippen molar-refractivity contribution in [2.45, 2.75) is 44.7 Å². The second kappa shape index (κ2) is 8.27. The van der Waals surface area contributed by atoms with Gasteiger partial charge in [-0.05, 0) is 55.2 Å². The van der Waals surface area contributed by atoms with Crippen LogP contribution in [0.3, 0.4) is 0 Å². The van der Waals surface area contributed by atoms with Crippen LogP contribution in [0.15, 0.2) is 12.1 Å². The molecule has 4 aliphatic rings. The van der Waals surface area contributed by atoms with Crippen LogP contribution in [0.2, 0.25) is 0 Å². The molecule has 4 fully saturated rings. The fraction of sp³-hybridized carbons (Fsp3) is 0.727. The highest BCUT2D eigenvalue weighted by Crippen LogP contribution is 2.39. The van der Waals surface area contributed by atoms with Crippen molar-refractivity contribution in [3.05, 3.63) is 17.7 Å². The molecular formula is C22H34N2O3. The molecule has 5 rings (SSSR count). The molecule has 0 radical (unpaired) electrons. The van der Waals surface area contributed by atoms with Crippen LogP contribution in [0.5, 0.6) is 17.2 Å². The van der Waals surface area contributed by atoms with E-state index >= 15 is 0 Å². The Morgan fingerprint density at radius 1 is 0.889 bits per heavy atom. The van der Waals surface area contributed by atoms with Gasteiger partial charge in [0.1, 0.15) is 0 Å². The largest absolute Gasteiger partial charge is 0.493 e. The molecule has 0 aromatic heterocycles. The third-order valence-corrected chi connectivity index (χ3v) is 6.75. The van der Waals surface area contributed by atoms with E-state index in [0.717, 1.165) is 35.9 Å². The second-order valence-electron chi connectivity index (χ2n) is 8.58. The molecule has 5 heteroatoms. The Morgan fingerprint density at radius 3 is 2.22 bits per heavy atom. The number of hydrogen-bond donors (Lipinski definition) is 0. The average Bonchev–Trinajstić information content (AvgIpc) is 2.94. The van der Waals surface area contributed by atoms with E-state index in [0.29, 0.717) is 5.75 Å². The zero-order valence-electron chi connectivity index (χ0n) is 17.1. The molecule has 1 aliphatic carbocycles. The highest BCUT2D eigenvalue weighted by Gasteiger charge is 2.36. The fourth-order valence-corrected chi connectivity index (χ4v) is 5.12. The van der Waals surface area contributed by atoms with Gasteiger partial charge in [-0.3, -0.25) is 9.80 Å². The number of fused-ring (bicyclic) bond motifs is 4. The Morgan fingerprint density at radius 2 is 1.63 bits per heavy atom. The van der Waals surface area contributed by atoms with Gasteiger partial charge in [0.2, 0.25) is 5.75 Å². The van der Waals surface area contributed by atoms with E-state index in [1.807, 2.05) is 0 Å². The normalized spacial score (nSPS) is 26.5. The Labute approximate surface area is 163 Å². The topological polar surface area (TPSA) is 34.2 Å². The first-order valence-electron chi connectivity index (χ1n) is 10.5. The summed E-state index contributed by atoms with van der Waals surface area (Å²) in [5.74, 6) is 3.94. The van der Waals surface area contributed by atoms with Gasteiger partial charge in [0.05, 0.1) is 21.3 Å². The molecule has 150 valence electrons. The number of piperidine rings is 1. The van der Waals surface area contributed by atoms with Crippen molar-refractivity contribution in [2.24, 2.45) is 11.8 Å². The highest BCUT2D eigenvalue weighted by atomic mass is 16.5. The van der Waals surface area contributed by atoms with Crippen LogP contribution in [0.1, 0.15) is 37.7 Å². The molecule has 5 nitrogen and oxygen atoms in total. The maximum Gasteiger partial charge on any atom is 0.203 e. The van der Waals surface area contributed by atoms with Gasteiger partial charge in [0, 0.05) is 38.8 Å². The van der Waals surface area contributed by atoms with E-state index in [1.165, 1.54) is 63.8 Å². The minimum absolute atomic E-state index is 0.673. The number of rotatable bonds is 7. The molecule has 2 bridgehead atoms. The lowest BCUT2D eigenvalue weighted by Crippen LogP contribution is -2.46. The van der Waals surface area contributed by atoms with Crippen molar-refractivity contribution in [1.29, 1.82) is 0 Å². The number of ether oxygens (including phenoxy) is 3. The Bertz CT molecular complexity index is 621. The first-order valence-corrected chi connectivity index (χ1v) is 10.5. The lowest BCUT2D eigenvalue weighted by molar-refractivity contribution is 0.0891. The van der Waals surface area contributed by atoms with E-state index in [4.69, 9.17) is 14.2 Å². The lowest BCUT2D eigenvalue weighted by atomic mass is 9.83. The quantitative estimate of drug-likeness (QED) is 0.731. The number of benzene rings is 1. The summed E-state index contributed by atoms with van der Waals surface area (Å²) < 4.78 is 16.5. The van der Waals surface area contributed by atoms with Crippen molar-refractivity contribution in [2.75, 3.05) is 47.5 Å². The minimum atomic E-state index is 0.673. The summed E-state index contributed by atoms with van der Waals surface area (Å²) in [6.07, 6.45) is 7.09. The number of methoxy groups -OCH3 is 3. The van der Waals surface area contributed by atoms with Crippen molar-refractivity contribution >= 4 is 0 Å². The Hall–Kier alpha value is -1.46. The molecule has 0 unspecified atom stereocenters. The predicted octanol–water partition coefficient (Wildman–Crippen LogP) is 3.41. The fourth-order valence-electron chi connectivity index (χ4n) is 5.12. The molecule has 0 spiro atoms. The zero-order chi connectivity index (χ0) is 18.8. The summed E-state index contributed by atoms with van der Waals surface area (Å²) >= 11 is 0. The molecule has 0 N–H and O–H groups in total. The first kappa shape index (κ1) is 18.9. The molecule has 3 saturated heterocycles. The summed E-state index contributed by atoms with van der Waals surface area (Å²) in [6, 6.07) is 4.92. The van der Waals surface area contributed by atoms with Crippen LogP contribution in [0.25, 0.3) is 0 Å². The number of nitrogens with zero attached hydrogens (tertiary/aromatic N) is 2. The van der Waals surface area contributed by atoms with Gasteiger partial charge in [-0.15, -0.1) is 0 Å². The molecule has 0 amide bonds. The average molecular weight is 375 g/mol. The van der Waals surface area contributed by atoms with Crippen LogP contribution < -0.4 is 14.2 Å². The first-order chi connectivity index (χ1) is 13.2. The molecule has 3 heterocycles. The van der Waals surface area contributed by atoms with Gasteiger partial charge in [-0.2, -0.15) is 0 Å². The molecule has 27 heavy (non-hydrogen) atoms. The molecule has 1 saturated carbocycles. The van der Waals surface area contributed by atoms with E-state index < -0.39 is 0 Å². The van der Waals surface area contributed by atoms with E-state index in [1.54, 1.807) is 21.3 Å². The summed E-state index contributed by atoms with van der Waals surface area (Å²) in [5, 5.41) is 0. The van der Waals surface area contributed by atoms with E-state index in [-0.39, 0.29) is 0 Å². The molecule has 3 aliphatic heterocycles. The Kier molecular flexibility index (Phi) is 5.79. The maximum atomic E-state index is 5.54. The van der Waals surface area contributed by atoms with Crippen molar-refractivity contribution in [1.82, 2.24) is 9.80 Å². The van der Waals surface area contributed by atoms with Crippen LogP contribution in [0.4, 0.5) is 0 Å². The Balaban J connectivity index is 1.46.